The molecule has 0 unspecified atom stereocenters. The first kappa shape index (κ1) is 16.3. The summed E-state index contributed by atoms with van der Waals surface area (Å²) in [6.07, 6.45) is 6.77. The van der Waals surface area contributed by atoms with Crippen LogP contribution in [0.2, 0.25) is 0 Å². The first-order valence-electron chi connectivity index (χ1n) is 8.63. The number of anilines is 2. The number of H-pyrrole nitrogens is 1. The molecule has 2 aromatic heterocycles. The third kappa shape index (κ3) is 2.94. The molecule has 0 saturated carbocycles. The molecule has 1 fully saturated rings. The average molecular weight is 351 g/mol. The van der Waals surface area contributed by atoms with Gasteiger partial charge in [-0.25, -0.2) is 14.8 Å². The highest BCUT2D eigenvalue weighted by Crippen LogP contribution is 2.26. The molecule has 0 radical (unpaired) electrons. The zero-order valence-corrected chi connectivity index (χ0v) is 14.9. The van der Waals surface area contributed by atoms with Gasteiger partial charge in [0.15, 0.2) is 0 Å². The maximum absolute atomic E-state index is 12.7. The van der Waals surface area contributed by atoms with Crippen LogP contribution in [0.4, 0.5) is 16.3 Å². The Hall–Kier alpha value is -3.16. The molecule has 3 heterocycles. The van der Waals surface area contributed by atoms with Crippen LogP contribution in [0.15, 0.2) is 31.0 Å². The Morgan fingerprint density at radius 2 is 1.92 bits per heavy atom. The molecule has 0 spiro atoms. The fourth-order valence-corrected chi connectivity index (χ4v) is 3.26. The van der Waals surface area contributed by atoms with Crippen LogP contribution in [0.5, 0.6) is 0 Å². The van der Waals surface area contributed by atoms with E-state index in [2.05, 4.69) is 30.2 Å². The van der Waals surface area contributed by atoms with Crippen LogP contribution in [-0.4, -0.2) is 57.0 Å². The van der Waals surface area contributed by atoms with Crippen molar-refractivity contribution >= 4 is 28.6 Å². The lowest BCUT2D eigenvalue weighted by atomic mass is 10.1. The molecule has 1 saturated heterocycles. The van der Waals surface area contributed by atoms with Gasteiger partial charge in [0, 0.05) is 44.3 Å². The maximum atomic E-state index is 12.7. The quantitative estimate of drug-likeness (QED) is 0.739. The predicted molar refractivity (Wildman–Crippen MR) is 100 cm³/mol. The number of aromatic nitrogens is 4. The van der Waals surface area contributed by atoms with Crippen LogP contribution < -0.4 is 10.2 Å². The van der Waals surface area contributed by atoms with Crippen molar-refractivity contribution in [2.45, 2.75) is 13.8 Å². The monoisotopic (exact) mass is 351 g/mol. The molecule has 26 heavy (non-hydrogen) atoms. The number of carbonyl (C=O) groups is 1. The van der Waals surface area contributed by atoms with Gasteiger partial charge >= 0.3 is 6.03 Å². The topological polar surface area (TPSA) is 90.0 Å². The van der Waals surface area contributed by atoms with Gasteiger partial charge in [-0.2, -0.15) is 0 Å². The van der Waals surface area contributed by atoms with Crippen molar-refractivity contribution in [3.8, 4) is 0 Å². The van der Waals surface area contributed by atoms with Gasteiger partial charge in [0.05, 0.1) is 23.6 Å². The summed E-state index contributed by atoms with van der Waals surface area (Å²) in [6.45, 7) is 6.80. The number of aromatic amines is 1. The van der Waals surface area contributed by atoms with Crippen molar-refractivity contribution in [3.63, 3.8) is 0 Å². The summed E-state index contributed by atoms with van der Waals surface area (Å²) in [5.41, 5.74) is 4.80. The largest absolute Gasteiger partial charge is 0.352 e. The Morgan fingerprint density at radius 3 is 2.65 bits per heavy atom. The molecule has 4 rings (SSSR count). The third-order valence-electron chi connectivity index (χ3n) is 4.96. The van der Waals surface area contributed by atoms with E-state index >= 15 is 0 Å². The van der Waals surface area contributed by atoms with Crippen molar-refractivity contribution in [2.75, 3.05) is 36.4 Å². The molecule has 0 bridgehead atoms. The number of aryl methyl sites for hydroxylation is 1. The Kier molecular flexibility index (Phi) is 4.16. The number of rotatable bonds is 2. The minimum Gasteiger partial charge on any atom is -0.352 e. The highest BCUT2D eigenvalue weighted by atomic mass is 16.2. The second-order valence-electron chi connectivity index (χ2n) is 6.44. The normalized spacial score (nSPS) is 14.7. The van der Waals surface area contributed by atoms with Crippen molar-refractivity contribution < 1.29 is 4.79 Å². The smallest absolute Gasteiger partial charge is 0.321 e. The fraction of sp³-hybridized carbons (Fsp3) is 0.333. The van der Waals surface area contributed by atoms with Crippen LogP contribution in [0.1, 0.15) is 11.1 Å². The summed E-state index contributed by atoms with van der Waals surface area (Å²) >= 11 is 0. The highest BCUT2D eigenvalue weighted by molar-refractivity contribution is 5.94. The molecule has 1 aromatic carbocycles. The second kappa shape index (κ2) is 6.62. The SMILES string of the molecule is Cc1c(NC(=O)N2CCN(c3cnccn3)CC2)cc2[nH]cnc2c1C. The van der Waals surface area contributed by atoms with Gasteiger partial charge in [-0.05, 0) is 31.0 Å². The number of hydrogen-bond acceptors (Lipinski definition) is 5. The number of amides is 2. The summed E-state index contributed by atoms with van der Waals surface area (Å²) in [4.78, 5) is 32.5. The Bertz CT molecular complexity index is 929. The maximum Gasteiger partial charge on any atom is 0.321 e. The van der Waals surface area contributed by atoms with Crippen LogP contribution in [0.3, 0.4) is 0 Å². The number of fused-ring (bicyclic) bond motifs is 1. The van der Waals surface area contributed by atoms with Gasteiger partial charge in [-0.3, -0.25) is 4.98 Å². The van der Waals surface area contributed by atoms with Crippen LogP contribution in [-0.2, 0) is 0 Å². The fourth-order valence-electron chi connectivity index (χ4n) is 3.26. The van der Waals surface area contributed by atoms with Crippen LogP contribution in [0.25, 0.3) is 11.0 Å². The minimum absolute atomic E-state index is 0.0786. The van der Waals surface area contributed by atoms with Gasteiger partial charge in [-0.1, -0.05) is 0 Å². The summed E-state index contributed by atoms with van der Waals surface area (Å²) in [6, 6.07) is 1.86. The Morgan fingerprint density at radius 1 is 1.12 bits per heavy atom. The van der Waals surface area contributed by atoms with Crippen molar-refractivity contribution in [1.29, 1.82) is 0 Å². The van der Waals surface area contributed by atoms with Gasteiger partial charge < -0.3 is 20.1 Å². The standard InChI is InChI=1S/C18H21N7O/c1-12-13(2)17-15(21-11-22-17)9-14(12)23-18(26)25-7-5-24(6-8-25)16-10-19-3-4-20-16/h3-4,9-11H,5-8H2,1-2H3,(H,21,22)(H,23,26). The average Bonchev–Trinajstić information content (AvgIpc) is 3.15. The van der Waals surface area contributed by atoms with Crippen LogP contribution >= 0.6 is 0 Å². The Labute approximate surface area is 151 Å². The first-order chi connectivity index (χ1) is 12.6. The molecule has 134 valence electrons. The molecular weight excluding hydrogens is 330 g/mol. The number of benzene rings is 1. The zero-order chi connectivity index (χ0) is 18.1. The molecule has 0 aliphatic carbocycles. The minimum atomic E-state index is -0.0786. The van der Waals surface area contributed by atoms with E-state index in [9.17, 15) is 4.79 Å². The Balaban J connectivity index is 1.44. The molecule has 8 heteroatoms. The van der Waals surface area contributed by atoms with E-state index in [4.69, 9.17) is 0 Å². The predicted octanol–water partition coefficient (Wildman–Crippen LogP) is 2.32. The molecule has 1 aliphatic heterocycles. The number of nitrogens with zero attached hydrogens (tertiary/aromatic N) is 5. The van der Waals surface area contributed by atoms with E-state index < -0.39 is 0 Å². The molecule has 0 atom stereocenters. The zero-order valence-electron chi connectivity index (χ0n) is 14.9. The van der Waals surface area contributed by atoms with Gasteiger partial charge in [0.1, 0.15) is 5.82 Å². The number of hydrogen-bond donors (Lipinski definition) is 2. The number of imidazole rings is 1. The summed E-state index contributed by atoms with van der Waals surface area (Å²) in [5.74, 6) is 0.851. The van der Waals surface area contributed by atoms with Gasteiger partial charge in [-0.15, -0.1) is 0 Å². The second-order valence-corrected chi connectivity index (χ2v) is 6.44. The summed E-state index contributed by atoms with van der Waals surface area (Å²) < 4.78 is 0. The van der Waals surface area contributed by atoms with E-state index in [0.717, 1.165) is 46.8 Å². The van der Waals surface area contributed by atoms with E-state index in [1.165, 1.54) is 0 Å². The lowest BCUT2D eigenvalue weighted by Gasteiger charge is -2.35. The molecule has 2 amide bonds. The lowest BCUT2D eigenvalue weighted by molar-refractivity contribution is 0.208. The number of urea groups is 1. The van der Waals surface area contributed by atoms with E-state index in [-0.39, 0.29) is 6.03 Å². The lowest BCUT2D eigenvalue weighted by Crippen LogP contribution is -2.50. The summed E-state index contributed by atoms with van der Waals surface area (Å²) in [5, 5.41) is 3.05. The van der Waals surface area contributed by atoms with Gasteiger partial charge in [0.25, 0.3) is 0 Å². The number of nitrogens with one attached hydrogen (secondary N) is 2. The molecule has 8 nitrogen and oxygen atoms in total. The van der Waals surface area contributed by atoms with Crippen LogP contribution in [0, 0.1) is 13.8 Å². The molecule has 2 N–H and O–H groups in total. The van der Waals surface area contributed by atoms with E-state index in [1.54, 1.807) is 24.9 Å². The third-order valence-corrected chi connectivity index (χ3v) is 4.96. The molecular formula is C18H21N7O. The highest BCUT2D eigenvalue weighted by Gasteiger charge is 2.22. The van der Waals surface area contributed by atoms with Crippen molar-refractivity contribution in [3.05, 3.63) is 42.1 Å². The number of carbonyl (C=O) groups excluding carboxylic acids is 1. The van der Waals surface area contributed by atoms with E-state index in [0.29, 0.717) is 13.1 Å². The number of piperazine rings is 1. The first-order valence-corrected chi connectivity index (χ1v) is 8.63. The van der Waals surface area contributed by atoms with Crippen molar-refractivity contribution in [1.82, 2.24) is 24.8 Å². The van der Waals surface area contributed by atoms with Gasteiger partial charge in [0.2, 0.25) is 0 Å². The molecule has 3 aromatic rings. The molecule has 1 aliphatic rings. The summed E-state index contributed by atoms with van der Waals surface area (Å²) in [7, 11) is 0. The van der Waals surface area contributed by atoms with Crippen molar-refractivity contribution in [2.24, 2.45) is 0 Å². The van der Waals surface area contributed by atoms with E-state index in [1.807, 2.05) is 24.8 Å².